The van der Waals surface area contributed by atoms with E-state index in [-0.39, 0.29) is 43.2 Å². The molecule has 0 radical (unpaired) electrons. The van der Waals surface area contributed by atoms with Crippen LogP contribution in [0.2, 0.25) is 0 Å². The Kier molecular flexibility index (Phi) is 12.5. The molecule has 0 heterocycles. The summed E-state index contributed by atoms with van der Waals surface area (Å²) in [6.45, 7) is 5.87. The van der Waals surface area contributed by atoms with Gasteiger partial charge >= 0.3 is 18.2 Å². The molecule has 14 heteroatoms. The number of nitrogens with one attached hydrogen (secondary N) is 2. The topological polar surface area (TPSA) is 195 Å². The highest BCUT2D eigenvalue weighted by atomic mass is 16.6. The highest BCUT2D eigenvalue weighted by Gasteiger charge is 2.35. The van der Waals surface area contributed by atoms with Crippen molar-refractivity contribution in [3.05, 3.63) is 76.9 Å². The predicted molar refractivity (Wildman–Crippen MR) is 168 cm³/mol. The van der Waals surface area contributed by atoms with Crippen LogP contribution in [0.4, 0.5) is 32.3 Å². The lowest BCUT2D eigenvalue weighted by atomic mass is 9.88. The van der Waals surface area contributed by atoms with Gasteiger partial charge in [0.25, 0.3) is 6.26 Å². The minimum Gasteiger partial charge on any atom is -0.461 e. The van der Waals surface area contributed by atoms with E-state index in [9.17, 15) is 24.0 Å². The van der Waals surface area contributed by atoms with Gasteiger partial charge in [-0.05, 0) is 80.3 Å². The number of isocyanates is 2. The van der Waals surface area contributed by atoms with Crippen molar-refractivity contribution in [2.24, 2.45) is 15.4 Å². The molecule has 2 N–H and O–H groups in total. The number of hydrogen-bond donors (Lipinski definition) is 2. The second-order valence-electron chi connectivity index (χ2n) is 10.5. The molecule has 0 aliphatic carbocycles. The third kappa shape index (κ3) is 10.4. The number of nitriles is 1. The number of aliphatic imine (C=N–C) groups is 2. The van der Waals surface area contributed by atoms with Gasteiger partial charge in [0.2, 0.25) is 12.2 Å². The number of hydrogen-bond acceptors (Lipinski definition) is 12. The monoisotopic (exact) mass is 641 g/mol. The molecule has 0 fully saturated rings. The van der Waals surface area contributed by atoms with Crippen molar-refractivity contribution in [1.82, 2.24) is 0 Å². The molecule has 47 heavy (non-hydrogen) atoms. The Morgan fingerprint density at radius 3 is 1.98 bits per heavy atom. The van der Waals surface area contributed by atoms with Crippen LogP contribution in [-0.4, -0.2) is 50.1 Å². The summed E-state index contributed by atoms with van der Waals surface area (Å²) < 4.78 is 21.4. The summed E-state index contributed by atoms with van der Waals surface area (Å²) in [7, 11) is 0. The summed E-state index contributed by atoms with van der Waals surface area (Å²) in [6.07, 6.45) is 2.94. The zero-order chi connectivity index (χ0) is 34.4. The summed E-state index contributed by atoms with van der Waals surface area (Å²) >= 11 is 0. The van der Waals surface area contributed by atoms with E-state index in [0.717, 1.165) is 0 Å². The van der Waals surface area contributed by atoms with Crippen LogP contribution in [0, 0.1) is 37.7 Å². The summed E-state index contributed by atoms with van der Waals surface area (Å²) in [6, 6.07) is 13.9. The Hall–Kier alpha value is -6.28. The lowest BCUT2D eigenvalue weighted by molar-refractivity contribution is -0.0228. The van der Waals surface area contributed by atoms with Crippen LogP contribution in [-0.2, 0) is 23.8 Å². The van der Waals surface area contributed by atoms with E-state index in [1.165, 1.54) is 30.4 Å². The first-order chi connectivity index (χ1) is 22.5. The highest BCUT2D eigenvalue weighted by Crippen LogP contribution is 2.28. The number of esters is 1. The molecule has 0 aliphatic heterocycles. The Balaban J connectivity index is 1.78. The van der Waals surface area contributed by atoms with Gasteiger partial charge in [-0.15, -0.1) is 5.26 Å². The summed E-state index contributed by atoms with van der Waals surface area (Å²) in [4.78, 5) is 67.2. The summed E-state index contributed by atoms with van der Waals surface area (Å²) in [5.74, 6) is -0.508. The van der Waals surface area contributed by atoms with E-state index in [1.54, 1.807) is 70.3 Å². The fourth-order valence-electron chi connectivity index (χ4n) is 4.17. The van der Waals surface area contributed by atoms with Gasteiger partial charge in [0.1, 0.15) is 25.6 Å². The van der Waals surface area contributed by atoms with Gasteiger partial charge in [-0.3, -0.25) is 10.6 Å². The number of aryl methyl sites for hydroxylation is 3. The van der Waals surface area contributed by atoms with Crippen LogP contribution in [0.5, 0.6) is 5.75 Å². The molecule has 3 aromatic rings. The molecule has 1 unspecified atom stereocenters. The van der Waals surface area contributed by atoms with Crippen molar-refractivity contribution in [2.45, 2.75) is 34.1 Å². The second-order valence-corrected chi connectivity index (χ2v) is 10.5. The third-order valence-electron chi connectivity index (χ3n) is 6.96. The third-order valence-corrected chi connectivity index (χ3v) is 6.96. The summed E-state index contributed by atoms with van der Waals surface area (Å²) in [5, 5.41) is 13.9. The number of rotatable bonds is 13. The first-order valence-electron chi connectivity index (χ1n) is 14.1. The fourth-order valence-corrected chi connectivity index (χ4v) is 4.17. The van der Waals surface area contributed by atoms with Gasteiger partial charge < -0.3 is 18.9 Å². The normalized spacial score (nSPS) is 11.3. The van der Waals surface area contributed by atoms with Crippen LogP contribution in [0.25, 0.3) is 0 Å². The number of benzene rings is 3. The van der Waals surface area contributed by atoms with Gasteiger partial charge in [0, 0.05) is 17.4 Å². The molecule has 0 bridgehead atoms. The Morgan fingerprint density at radius 1 is 0.787 bits per heavy atom. The predicted octanol–water partition coefficient (Wildman–Crippen LogP) is 6.46. The average molecular weight is 642 g/mol. The minimum atomic E-state index is -1.21. The Bertz CT molecular complexity index is 1790. The van der Waals surface area contributed by atoms with Gasteiger partial charge in [-0.1, -0.05) is 19.1 Å². The number of carbonyl (C=O) groups is 3. The Morgan fingerprint density at radius 2 is 1.38 bits per heavy atom. The fraction of sp³-hybridized carbons (Fsp3) is 0.273. The highest BCUT2D eigenvalue weighted by molar-refractivity contribution is 5.91. The number of carbonyl (C=O) groups excluding carboxylic acids is 5. The van der Waals surface area contributed by atoms with Crippen LogP contribution in [0.3, 0.4) is 0 Å². The molecule has 1 atom stereocenters. The minimum absolute atomic E-state index is 0.115. The first-order valence-corrected chi connectivity index (χ1v) is 14.1. The van der Waals surface area contributed by atoms with Crippen molar-refractivity contribution in [2.75, 3.05) is 30.5 Å². The standard InChI is InChI=1S/C33H31N5O9/c1-5-33(15-44-30(41)24-10-21(2)11-27(12-24)35-19-39,16-45-31(42)37-25-8-6-22(3)28(13-25)36-20-40)17-46-32(43)38-26-9-7-23(4)29(14-26)47-18-34/h6-14H,5,15-17H2,1-4H3,(H,37,42)(H,38,43). The largest absolute Gasteiger partial charge is 0.461 e. The molecule has 0 aromatic heterocycles. The van der Waals surface area contributed by atoms with Crippen LogP contribution >= 0.6 is 0 Å². The zero-order valence-corrected chi connectivity index (χ0v) is 26.0. The van der Waals surface area contributed by atoms with Crippen molar-refractivity contribution in [3.63, 3.8) is 0 Å². The number of amides is 2. The smallest absolute Gasteiger partial charge is 0.411 e. The second kappa shape index (κ2) is 16.7. The van der Waals surface area contributed by atoms with E-state index in [4.69, 9.17) is 24.2 Å². The van der Waals surface area contributed by atoms with Crippen molar-refractivity contribution < 1.29 is 42.9 Å². The van der Waals surface area contributed by atoms with E-state index < -0.39 is 23.6 Å². The van der Waals surface area contributed by atoms with Crippen molar-refractivity contribution in [3.8, 4) is 12.0 Å². The molecule has 2 amide bonds. The van der Waals surface area contributed by atoms with Crippen LogP contribution in [0.1, 0.15) is 40.4 Å². The van der Waals surface area contributed by atoms with Gasteiger partial charge in [-0.25, -0.2) is 24.0 Å². The molecular formula is C33H31N5O9. The molecule has 0 saturated carbocycles. The average Bonchev–Trinajstić information content (AvgIpc) is 3.04. The zero-order valence-electron chi connectivity index (χ0n) is 26.0. The number of ether oxygens (including phenoxy) is 4. The van der Waals surface area contributed by atoms with E-state index in [2.05, 4.69) is 20.6 Å². The van der Waals surface area contributed by atoms with Crippen LogP contribution in [0.15, 0.2) is 64.6 Å². The summed E-state index contributed by atoms with van der Waals surface area (Å²) in [5.41, 5.74) is 2.02. The molecule has 0 spiro atoms. The molecule has 0 aliphatic rings. The van der Waals surface area contributed by atoms with Crippen LogP contribution < -0.4 is 15.4 Å². The SMILES string of the molecule is CCC(COC(=O)Nc1ccc(C)c(N=C=O)c1)(COC(=O)Nc1ccc(C)c(OC#N)c1)COC(=O)c1cc(C)cc(N=C=O)c1. The number of nitrogens with zero attached hydrogens (tertiary/aromatic N) is 3. The molecule has 14 nitrogen and oxygen atoms in total. The van der Waals surface area contributed by atoms with Gasteiger partial charge in [0.15, 0.2) is 0 Å². The maximum absolute atomic E-state index is 13.0. The number of anilines is 2. The van der Waals surface area contributed by atoms with Gasteiger partial charge in [-0.2, -0.15) is 9.98 Å². The molecule has 242 valence electrons. The Labute approximate surface area is 270 Å². The lowest BCUT2D eigenvalue weighted by Crippen LogP contribution is -2.40. The van der Waals surface area contributed by atoms with E-state index in [1.807, 2.05) is 0 Å². The molecule has 3 rings (SSSR count). The van der Waals surface area contributed by atoms with Crippen molar-refractivity contribution in [1.29, 1.82) is 5.26 Å². The van der Waals surface area contributed by atoms with Gasteiger partial charge in [0.05, 0.1) is 22.4 Å². The van der Waals surface area contributed by atoms with Crippen molar-refractivity contribution >= 4 is 53.1 Å². The van der Waals surface area contributed by atoms with E-state index >= 15 is 0 Å². The molecule has 3 aromatic carbocycles. The lowest BCUT2D eigenvalue weighted by Gasteiger charge is -2.31. The van der Waals surface area contributed by atoms with E-state index in [0.29, 0.717) is 33.8 Å². The molecule has 0 saturated heterocycles. The quantitative estimate of drug-likeness (QED) is 0.0687. The maximum Gasteiger partial charge on any atom is 0.411 e. The molecular weight excluding hydrogens is 610 g/mol. The maximum atomic E-state index is 13.0. The first kappa shape index (κ1) is 35.2.